The van der Waals surface area contributed by atoms with Crippen molar-refractivity contribution < 1.29 is 0 Å². The van der Waals surface area contributed by atoms with E-state index in [1.165, 1.54) is 19.3 Å². The van der Waals surface area contributed by atoms with Crippen LogP contribution in [-0.2, 0) is 0 Å². The van der Waals surface area contributed by atoms with Crippen LogP contribution in [0.3, 0.4) is 0 Å². The van der Waals surface area contributed by atoms with Crippen molar-refractivity contribution in [3.8, 4) is 0 Å². The number of hydrogen-bond donors (Lipinski definition) is 2. The Bertz CT molecular complexity index is 239. The molecule has 4 atom stereocenters. The molecule has 1 saturated carbocycles. The van der Waals surface area contributed by atoms with E-state index in [0.29, 0.717) is 11.9 Å². The highest BCUT2D eigenvalue weighted by Gasteiger charge is 2.27. The minimum absolute atomic E-state index is 0.180. The molecule has 3 N–H and O–H groups in total. The zero-order valence-corrected chi connectivity index (χ0v) is 11.2. The summed E-state index contributed by atoms with van der Waals surface area (Å²) in [5, 5.41) is 7.43. The lowest BCUT2D eigenvalue weighted by molar-refractivity contribution is 0.126. The van der Waals surface area contributed by atoms with Crippen molar-refractivity contribution in [1.29, 1.82) is 5.41 Å². The maximum absolute atomic E-state index is 7.43. The lowest BCUT2D eigenvalue weighted by Gasteiger charge is -2.38. The van der Waals surface area contributed by atoms with Crippen molar-refractivity contribution in [2.75, 3.05) is 13.6 Å². The molecule has 0 spiro atoms. The first kappa shape index (κ1) is 13.5. The van der Waals surface area contributed by atoms with E-state index in [2.05, 4.69) is 25.8 Å². The van der Waals surface area contributed by atoms with Crippen LogP contribution in [0.15, 0.2) is 0 Å². The van der Waals surface area contributed by atoms with E-state index in [9.17, 15) is 0 Å². The Balaban J connectivity index is 2.42. The maximum Gasteiger partial charge on any atom is 0.0947 e. The Hall–Kier alpha value is -0.570. The molecule has 3 nitrogen and oxygen atoms in total. The van der Waals surface area contributed by atoms with Gasteiger partial charge in [-0.25, -0.2) is 0 Å². The van der Waals surface area contributed by atoms with Gasteiger partial charge in [0.1, 0.15) is 0 Å². The zero-order chi connectivity index (χ0) is 12.3. The van der Waals surface area contributed by atoms with Crippen molar-refractivity contribution >= 4 is 5.84 Å². The van der Waals surface area contributed by atoms with Gasteiger partial charge in [-0.15, -0.1) is 0 Å². The summed E-state index contributed by atoms with van der Waals surface area (Å²) >= 11 is 0. The minimum atomic E-state index is 0.180. The highest BCUT2D eigenvalue weighted by molar-refractivity contribution is 5.79. The van der Waals surface area contributed by atoms with Crippen LogP contribution in [0, 0.1) is 23.2 Å². The van der Waals surface area contributed by atoms with Gasteiger partial charge in [0.15, 0.2) is 0 Å². The molecular weight excluding hydrogens is 198 g/mol. The summed E-state index contributed by atoms with van der Waals surface area (Å²) in [5.74, 6) is 2.19. The highest BCUT2D eigenvalue weighted by atomic mass is 15.1. The van der Waals surface area contributed by atoms with Crippen LogP contribution in [0.5, 0.6) is 0 Å². The molecule has 0 radical (unpaired) electrons. The van der Waals surface area contributed by atoms with E-state index >= 15 is 0 Å². The summed E-state index contributed by atoms with van der Waals surface area (Å²) in [6.07, 6.45) is 3.93. The van der Waals surface area contributed by atoms with E-state index in [0.717, 1.165) is 18.4 Å². The molecule has 1 aliphatic carbocycles. The number of hydrogen-bond acceptors (Lipinski definition) is 2. The van der Waals surface area contributed by atoms with Crippen LogP contribution < -0.4 is 5.73 Å². The van der Waals surface area contributed by atoms with E-state index in [4.69, 9.17) is 11.1 Å². The first-order chi connectivity index (χ1) is 7.41. The number of nitrogens with two attached hydrogens (primary N) is 1. The molecule has 4 unspecified atom stereocenters. The van der Waals surface area contributed by atoms with Crippen molar-refractivity contribution in [3.63, 3.8) is 0 Å². The van der Waals surface area contributed by atoms with Crippen molar-refractivity contribution in [3.05, 3.63) is 0 Å². The third kappa shape index (κ3) is 3.48. The van der Waals surface area contributed by atoms with Crippen molar-refractivity contribution in [2.24, 2.45) is 23.5 Å². The smallest absolute Gasteiger partial charge is 0.0947 e. The lowest BCUT2D eigenvalue weighted by Crippen LogP contribution is -2.42. The van der Waals surface area contributed by atoms with Crippen LogP contribution in [0.1, 0.15) is 40.0 Å². The summed E-state index contributed by atoms with van der Waals surface area (Å²) in [4.78, 5) is 2.40. The van der Waals surface area contributed by atoms with Crippen molar-refractivity contribution in [2.45, 2.75) is 46.1 Å². The SMILES string of the molecule is CC(CN(C)C1CCC(C)C(C)C1)C(=N)N. The Morgan fingerprint density at radius 1 is 1.38 bits per heavy atom. The van der Waals surface area contributed by atoms with E-state index < -0.39 is 0 Å². The number of nitrogens with zero attached hydrogens (tertiary/aromatic N) is 1. The van der Waals surface area contributed by atoms with Gasteiger partial charge in [0.05, 0.1) is 5.84 Å². The van der Waals surface area contributed by atoms with Crippen LogP contribution in [0.2, 0.25) is 0 Å². The molecule has 0 aliphatic heterocycles. The zero-order valence-electron chi connectivity index (χ0n) is 11.2. The molecule has 1 fully saturated rings. The predicted octanol–water partition coefficient (Wildman–Crippen LogP) is 2.31. The summed E-state index contributed by atoms with van der Waals surface area (Å²) < 4.78 is 0. The summed E-state index contributed by atoms with van der Waals surface area (Å²) in [6, 6.07) is 0.688. The topological polar surface area (TPSA) is 53.1 Å². The average Bonchev–Trinajstić information content (AvgIpc) is 2.21. The second kappa shape index (κ2) is 5.67. The van der Waals surface area contributed by atoms with Gasteiger partial charge in [-0.05, 0) is 38.1 Å². The molecule has 0 saturated heterocycles. The third-order valence-corrected chi connectivity index (χ3v) is 4.29. The predicted molar refractivity (Wildman–Crippen MR) is 69.7 cm³/mol. The van der Waals surface area contributed by atoms with Gasteiger partial charge in [-0.3, -0.25) is 5.41 Å². The standard InChI is InChI=1S/C13H27N3/c1-9-5-6-12(7-10(9)2)16(4)8-11(3)13(14)15/h9-12H,5-8H2,1-4H3,(H3,14,15). The Morgan fingerprint density at radius 3 is 2.50 bits per heavy atom. The number of nitrogens with one attached hydrogen (secondary N) is 1. The van der Waals surface area contributed by atoms with Crippen LogP contribution in [0.25, 0.3) is 0 Å². The fourth-order valence-electron chi connectivity index (χ4n) is 2.60. The maximum atomic E-state index is 7.43. The van der Waals surface area contributed by atoms with Gasteiger partial charge in [-0.1, -0.05) is 20.8 Å². The monoisotopic (exact) mass is 225 g/mol. The van der Waals surface area contributed by atoms with Gasteiger partial charge in [0.25, 0.3) is 0 Å². The highest BCUT2D eigenvalue weighted by Crippen LogP contribution is 2.31. The Morgan fingerprint density at radius 2 is 2.00 bits per heavy atom. The minimum Gasteiger partial charge on any atom is -0.387 e. The second-order valence-electron chi connectivity index (χ2n) is 5.72. The fraction of sp³-hybridized carbons (Fsp3) is 0.923. The quantitative estimate of drug-likeness (QED) is 0.570. The third-order valence-electron chi connectivity index (χ3n) is 4.29. The largest absolute Gasteiger partial charge is 0.387 e. The first-order valence-electron chi connectivity index (χ1n) is 6.46. The second-order valence-corrected chi connectivity index (χ2v) is 5.72. The van der Waals surface area contributed by atoms with Crippen molar-refractivity contribution in [1.82, 2.24) is 4.90 Å². The number of amidine groups is 1. The average molecular weight is 225 g/mol. The fourth-order valence-corrected chi connectivity index (χ4v) is 2.60. The first-order valence-corrected chi connectivity index (χ1v) is 6.46. The van der Waals surface area contributed by atoms with Gasteiger partial charge >= 0.3 is 0 Å². The van der Waals surface area contributed by atoms with Gasteiger partial charge in [-0.2, -0.15) is 0 Å². The molecule has 0 aromatic heterocycles. The molecule has 94 valence electrons. The van der Waals surface area contributed by atoms with Gasteiger partial charge in [0, 0.05) is 18.5 Å². The summed E-state index contributed by atoms with van der Waals surface area (Å²) in [6.45, 7) is 7.67. The van der Waals surface area contributed by atoms with Crippen LogP contribution in [0.4, 0.5) is 0 Å². The summed E-state index contributed by atoms with van der Waals surface area (Å²) in [7, 11) is 2.17. The van der Waals surface area contributed by atoms with Gasteiger partial charge < -0.3 is 10.6 Å². The molecule has 0 bridgehead atoms. The molecule has 1 aliphatic rings. The molecule has 0 aromatic rings. The van der Waals surface area contributed by atoms with E-state index in [1.54, 1.807) is 0 Å². The molecule has 0 amide bonds. The van der Waals surface area contributed by atoms with Crippen LogP contribution >= 0.6 is 0 Å². The molecule has 16 heavy (non-hydrogen) atoms. The molecule has 0 aromatic carbocycles. The molecule has 3 heteroatoms. The molecular formula is C13H27N3. The van der Waals surface area contributed by atoms with E-state index in [1.807, 2.05) is 6.92 Å². The van der Waals surface area contributed by atoms with Crippen LogP contribution in [-0.4, -0.2) is 30.4 Å². The Kier molecular flexibility index (Phi) is 4.78. The number of rotatable bonds is 4. The summed E-state index contributed by atoms with van der Waals surface area (Å²) in [5.41, 5.74) is 5.52. The Labute approximate surface area is 99.9 Å². The molecule has 0 heterocycles. The molecule has 1 rings (SSSR count). The normalized spacial score (nSPS) is 32.7. The lowest BCUT2D eigenvalue weighted by atomic mass is 9.78. The van der Waals surface area contributed by atoms with Gasteiger partial charge in [0.2, 0.25) is 0 Å². The van der Waals surface area contributed by atoms with E-state index in [-0.39, 0.29) is 5.92 Å².